The fourth-order valence-electron chi connectivity index (χ4n) is 3.84. The highest BCUT2D eigenvalue weighted by Crippen LogP contribution is 2.36. The molecule has 0 aromatic heterocycles. The molecule has 1 aliphatic carbocycles. The number of fused-ring (bicyclic) bond motifs is 2. The van der Waals surface area contributed by atoms with Crippen LogP contribution in [0.3, 0.4) is 0 Å². The lowest BCUT2D eigenvalue weighted by Crippen LogP contribution is -3.14. The van der Waals surface area contributed by atoms with E-state index in [1.165, 1.54) is 51.7 Å². The predicted molar refractivity (Wildman–Crippen MR) is 69.1 cm³/mol. The van der Waals surface area contributed by atoms with Gasteiger partial charge in [0, 0.05) is 5.92 Å². The van der Waals surface area contributed by atoms with Gasteiger partial charge in [-0.2, -0.15) is 0 Å². The normalized spacial score (nSPS) is 38.9. The Hall–Kier alpha value is -0.340. The summed E-state index contributed by atoms with van der Waals surface area (Å²) in [6.45, 7) is 7.33. The van der Waals surface area contributed by atoms with E-state index in [1.54, 1.807) is 10.5 Å². The molecule has 0 aromatic carbocycles. The average molecular weight is 236 g/mol. The third kappa shape index (κ3) is 2.58. The monoisotopic (exact) mass is 236 g/mol. The maximum atomic E-state index is 6.16. The summed E-state index contributed by atoms with van der Waals surface area (Å²) < 4.78 is 6.16. The summed E-state index contributed by atoms with van der Waals surface area (Å²) >= 11 is 0. The maximum Gasteiger partial charge on any atom is 0.113 e. The highest BCUT2D eigenvalue weighted by Gasteiger charge is 2.36. The zero-order chi connectivity index (χ0) is 11.7. The van der Waals surface area contributed by atoms with Crippen molar-refractivity contribution in [2.24, 2.45) is 11.8 Å². The number of ether oxygens (including phenoxy) is 1. The lowest BCUT2D eigenvalue weighted by Gasteiger charge is -2.41. The standard InChI is InChI=1S/C15H25NO/c1-12-5-6-13-9-14(12)15(17-11-13)10-16-7-3-2-4-8-16/h5,13-15H,2-4,6-11H2,1H3/p+1/t13-,14-,15+/m1/s1. The fourth-order valence-corrected chi connectivity index (χ4v) is 3.84. The molecule has 0 unspecified atom stereocenters. The van der Waals surface area contributed by atoms with Crippen LogP contribution < -0.4 is 4.90 Å². The van der Waals surface area contributed by atoms with Gasteiger partial charge in [-0.15, -0.1) is 0 Å². The number of hydrogen-bond acceptors (Lipinski definition) is 1. The highest BCUT2D eigenvalue weighted by molar-refractivity contribution is 5.12. The largest absolute Gasteiger partial charge is 0.371 e. The zero-order valence-corrected chi connectivity index (χ0v) is 11.1. The molecular weight excluding hydrogens is 210 g/mol. The molecule has 2 saturated heterocycles. The number of piperidine rings is 1. The summed E-state index contributed by atoms with van der Waals surface area (Å²) in [5.74, 6) is 1.55. The molecule has 2 nitrogen and oxygen atoms in total. The summed E-state index contributed by atoms with van der Waals surface area (Å²) in [5.41, 5.74) is 1.60. The molecule has 2 bridgehead atoms. The fraction of sp³-hybridized carbons (Fsp3) is 0.867. The van der Waals surface area contributed by atoms with Gasteiger partial charge < -0.3 is 9.64 Å². The lowest BCUT2D eigenvalue weighted by atomic mass is 9.77. The van der Waals surface area contributed by atoms with Gasteiger partial charge in [0.25, 0.3) is 0 Å². The third-order valence-corrected chi connectivity index (χ3v) is 4.99. The molecule has 2 heteroatoms. The molecule has 1 N–H and O–H groups in total. The Bertz CT molecular complexity index is 293. The van der Waals surface area contributed by atoms with Gasteiger partial charge in [0.1, 0.15) is 12.6 Å². The number of hydrogen-bond donors (Lipinski definition) is 1. The first-order chi connectivity index (χ1) is 8.33. The minimum Gasteiger partial charge on any atom is -0.371 e. The van der Waals surface area contributed by atoms with Gasteiger partial charge in [-0.25, -0.2) is 0 Å². The van der Waals surface area contributed by atoms with E-state index in [0.717, 1.165) is 18.4 Å². The van der Waals surface area contributed by atoms with Crippen molar-refractivity contribution in [2.75, 3.05) is 26.2 Å². The Kier molecular flexibility index (Phi) is 3.53. The number of rotatable bonds is 2. The third-order valence-electron chi connectivity index (χ3n) is 4.99. The van der Waals surface area contributed by atoms with Crippen molar-refractivity contribution in [3.05, 3.63) is 11.6 Å². The first kappa shape index (κ1) is 11.7. The van der Waals surface area contributed by atoms with Crippen LogP contribution in [0.2, 0.25) is 0 Å². The Morgan fingerprint density at radius 2 is 2.12 bits per heavy atom. The molecule has 0 saturated carbocycles. The van der Waals surface area contributed by atoms with E-state index in [-0.39, 0.29) is 0 Å². The molecule has 2 fully saturated rings. The van der Waals surface area contributed by atoms with Crippen molar-refractivity contribution >= 4 is 0 Å². The molecule has 3 aliphatic rings. The van der Waals surface area contributed by atoms with Crippen LogP contribution in [0.15, 0.2) is 11.6 Å². The quantitative estimate of drug-likeness (QED) is 0.716. The molecular formula is C15H26NO+. The van der Waals surface area contributed by atoms with Crippen molar-refractivity contribution in [1.82, 2.24) is 0 Å². The Balaban J connectivity index is 1.62. The van der Waals surface area contributed by atoms with Crippen molar-refractivity contribution < 1.29 is 9.64 Å². The van der Waals surface area contributed by atoms with Crippen LogP contribution in [0, 0.1) is 11.8 Å². The van der Waals surface area contributed by atoms with E-state index in [9.17, 15) is 0 Å². The molecule has 2 heterocycles. The molecule has 3 atom stereocenters. The summed E-state index contributed by atoms with van der Waals surface area (Å²) in [7, 11) is 0. The second-order valence-electron chi connectivity index (χ2n) is 6.28. The average Bonchev–Trinajstić information content (AvgIpc) is 2.38. The number of quaternary nitrogens is 1. The van der Waals surface area contributed by atoms with Crippen LogP contribution in [-0.2, 0) is 4.74 Å². The van der Waals surface area contributed by atoms with Crippen molar-refractivity contribution in [3.63, 3.8) is 0 Å². The number of nitrogens with one attached hydrogen (secondary N) is 1. The van der Waals surface area contributed by atoms with Crippen molar-refractivity contribution in [2.45, 2.75) is 45.1 Å². The van der Waals surface area contributed by atoms with Gasteiger partial charge in [0.05, 0.1) is 19.7 Å². The molecule has 0 spiro atoms. The van der Waals surface area contributed by atoms with Gasteiger partial charge in [0.2, 0.25) is 0 Å². The Morgan fingerprint density at radius 1 is 1.29 bits per heavy atom. The second-order valence-corrected chi connectivity index (χ2v) is 6.28. The molecule has 0 aromatic rings. The van der Waals surface area contributed by atoms with Crippen LogP contribution in [0.4, 0.5) is 0 Å². The van der Waals surface area contributed by atoms with Crippen LogP contribution in [0.1, 0.15) is 39.0 Å². The van der Waals surface area contributed by atoms with E-state index in [4.69, 9.17) is 4.74 Å². The van der Waals surface area contributed by atoms with Crippen LogP contribution in [0.25, 0.3) is 0 Å². The maximum absolute atomic E-state index is 6.16. The minimum absolute atomic E-state index is 0.510. The van der Waals surface area contributed by atoms with Crippen LogP contribution >= 0.6 is 0 Å². The van der Waals surface area contributed by atoms with E-state index >= 15 is 0 Å². The summed E-state index contributed by atoms with van der Waals surface area (Å²) in [4.78, 5) is 1.79. The van der Waals surface area contributed by atoms with E-state index in [2.05, 4.69) is 13.0 Å². The highest BCUT2D eigenvalue weighted by atomic mass is 16.5. The van der Waals surface area contributed by atoms with E-state index in [1.807, 2.05) is 0 Å². The predicted octanol–water partition coefficient (Wildman–Crippen LogP) is 1.43. The van der Waals surface area contributed by atoms with Gasteiger partial charge in [-0.3, -0.25) is 0 Å². The van der Waals surface area contributed by atoms with Gasteiger partial charge >= 0.3 is 0 Å². The van der Waals surface area contributed by atoms with E-state index < -0.39 is 0 Å². The van der Waals surface area contributed by atoms with Crippen molar-refractivity contribution in [3.8, 4) is 0 Å². The summed E-state index contributed by atoms with van der Waals surface area (Å²) in [6, 6.07) is 0. The smallest absolute Gasteiger partial charge is 0.113 e. The van der Waals surface area contributed by atoms with Crippen molar-refractivity contribution in [1.29, 1.82) is 0 Å². The molecule has 17 heavy (non-hydrogen) atoms. The van der Waals surface area contributed by atoms with Gasteiger partial charge in [0.15, 0.2) is 0 Å². The first-order valence-corrected chi connectivity index (χ1v) is 7.45. The molecule has 2 aliphatic heterocycles. The lowest BCUT2D eigenvalue weighted by molar-refractivity contribution is -0.908. The topological polar surface area (TPSA) is 13.7 Å². The number of allylic oxidation sites excluding steroid dienone is 1. The van der Waals surface area contributed by atoms with Crippen LogP contribution in [0.5, 0.6) is 0 Å². The Morgan fingerprint density at radius 3 is 2.94 bits per heavy atom. The first-order valence-electron chi connectivity index (χ1n) is 7.45. The van der Waals surface area contributed by atoms with E-state index in [0.29, 0.717) is 6.10 Å². The molecule has 0 radical (unpaired) electrons. The Labute approximate surface area is 105 Å². The second kappa shape index (κ2) is 5.11. The molecule has 96 valence electrons. The van der Waals surface area contributed by atoms with Gasteiger partial charge in [-0.05, 0) is 44.9 Å². The van der Waals surface area contributed by atoms with Crippen LogP contribution in [-0.4, -0.2) is 32.3 Å². The SMILES string of the molecule is CC1=CC[C@H]2CO[C@@H](C[NH+]3CCCCC3)[C@@H]1C2. The summed E-state index contributed by atoms with van der Waals surface area (Å²) in [5, 5.41) is 0. The van der Waals surface area contributed by atoms with Gasteiger partial charge in [-0.1, -0.05) is 11.6 Å². The summed E-state index contributed by atoms with van der Waals surface area (Å²) in [6.07, 6.45) is 9.91. The zero-order valence-electron chi connectivity index (χ0n) is 11.1. The molecule has 0 amide bonds. The molecule has 3 rings (SSSR count). The number of likely N-dealkylation sites (tertiary alicyclic amines) is 1. The minimum atomic E-state index is 0.510.